The molecule has 0 saturated carbocycles. The highest BCUT2D eigenvalue weighted by Gasteiger charge is 2.01. The Morgan fingerprint density at radius 1 is 1.27 bits per heavy atom. The number of aryl methyl sites for hydroxylation is 2. The molecule has 0 aromatic carbocycles. The van der Waals surface area contributed by atoms with E-state index in [1.54, 1.807) is 23.5 Å². The molecule has 2 N–H and O–H groups in total. The minimum absolute atomic E-state index is 0.0702. The zero-order chi connectivity index (χ0) is 18.8. The Morgan fingerprint density at radius 3 is 2.81 bits per heavy atom. The summed E-state index contributed by atoms with van der Waals surface area (Å²) in [7, 11) is 0. The highest BCUT2D eigenvalue weighted by molar-refractivity contribution is 7.09. The third-order valence-electron chi connectivity index (χ3n) is 4.01. The van der Waals surface area contributed by atoms with Crippen LogP contribution in [0.1, 0.15) is 36.2 Å². The van der Waals surface area contributed by atoms with Crippen molar-refractivity contribution in [3.8, 4) is 0 Å². The summed E-state index contributed by atoms with van der Waals surface area (Å²) in [6, 6.07) is 5.39. The van der Waals surface area contributed by atoms with Crippen LogP contribution in [0.5, 0.6) is 0 Å². The van der Waals surface area contributed by atoms with Crippen LogP contribution in [0.3, 0.4) is 0 Å². The molecule has 2 rings (SSSR count). The number of nitrogens with zero attached hydrogens (tertiary/aromatic N) is 3. The summed E-state index contributed by atoms with van der Waals surface area (Å²) in [5.41, 5.74) is 2.20. The van der Waals surface area contributed by atoms with E-state index >= 15 is 0 Å². The van der Waals surface area contributed by atoms with Gasteiger partial charge in [0.1, 0.15) is 0 Å². The van der Waals surface area contributed by atoms with E-state index in [4.69, 9.17) is 0 Å². The van der Waals surface area contributed by atoms with Gasteiger partial charge in [-0.25, -0.2) is 4.98 Å². The second-order valence-corrected chi connectivity index (χ2v) is 7.22. The summed E-state index contributed by atoms with van der Waals surface area (Å²) in [5.74, 6) is 0.840. The maximum atomic E-state index is 11.8. The highest BCUT2D eigenvalue weighted by Crippen LogP contribution is 2.07. The number of nitrogens with one attached hydrogen (secondary N) is 2. The largest absolute Gasteiger partial charge is 0.357 e. The van der Waals surface area contributed by atoms with Crippen molar-refractivity contribution in [1.82, 2.24) is 20.2 Å². The van der Waals surface area contributed by atoms with Crippen LogP contribution in [-0.4, -0.2) is 35.1 Å². The van der Waals surface area contributed by atoms with E-state index in [0.717, 1.165) is 67.8 Å². The van der Waals surface area contributed by atoms with Crippen LogP contribution in [0.4, 0.5) is 0 Å². The molecular weight excluding hydrogens is 346 g/mol. The number of pyridine rings is 1. The first-order valence-corrected chi connectivity index (χ1v) is 10.1. The van der Waals surface area contributed by atoms with E-state index in [2.05, 4.69) is 32.9 Å². The van der Waals surface area contributed by atoms with E-state index < -0.39 is 0 Å². The van der Waals surface area contributed by atoms with Crippen molar-refractivity contribution in [2.45, 2.75) is 46.6 Å². The number of rotatable bonds is 9. The Bertz CT molecular complexity index is 765. The lowest BCUT2D eigenvalue weighted by atomic mass is 10.3. The van der Waals surface area contributed by atoms with Gasteiger partial charge in [-0.2, -0.15) is 0 Å². The molecule has 0 aliphatic carbocycles. The second kappa shape index (κ2) is 10.8. The van der Waals surface area contributed by atoms with E-state index in [-0.39, 0.29) is 5.56 Å². The topological polar surface area (TPSA) is 71.3 Å². The van der Waals surface area contributed by atoms with Crippen LogP contribution in [0.2, 0.25) is 0 Å². The molecule has 0 aliphatic heterocycles. The maximum Gasteiger partial charge on any atom is 0.250 e. The smallest absolute Gasteiger partial charge is 0.250 e. The third kappa shape index (κ3) is 6.63. The molecular formula is C19H29N5OS. The molecule has 7 heteroatoms. The summed E-state index contributed by atoms with van der Waals surface area (Å²) in [5, 5.41) is 9.83. The molecule has 0 amide bonds. The lowest BCUT2D eigenvalue weighted by molar-refractivity contribution is 0.585. The summed E-state index contributed by atoms with van der Waals surface area (Å²) in [6.45, 7) is 9.19. The van der Waals surface area contributed by atoms with Gasteiger partial charge in [0.15, 0.2) is 5.96 Å². The summed E-state index contributed by atoms with van der Waals surface area (Å²) >= 11 is 1.68. The van der Waals surface area contributed by atoms with Gasteiger partial charge < -0.3 is 15.2 Å². The molecule has 0 aliphatic rings. The molecule has 0 unspecified atom stereocenters. The fourth-order valence-corrected chi connectivity index (χ4v) is 3.30. The molecule has 6 nitrogen and oxygen atoms in total. The maximum absolute atomic E-state index is 11.8. The first kappa shape index (κ1) is 20.2. The van der Waals surface area contributed by atoms with E-state index in [9.17, 15) is 4.79 Å². The molecule has 0 spiro atoms. The quantitative estimate of drug-likeness (QED) is 0.401. The Balaban J connectivity index is 1.73. The number of aromatic nitrogens is 2. The summed E-state index contributed by atoms with van der Waals surface area (Å²) in [4.78, 5) is 20.9. The zero-order valence-corrected chi connectivity index (χ0v) is 16.7. The normalized spacial score (nSPS) is 11.6. The SMILES string of the molecule is CCNC(=NCCCCn1c(C)cccc1=O)NCCc1csc(C)n1. The summed E-state index contributed by atoms with van der Waals surface area (Å²) in [6.07, 6.45) is 2.78. The van der Waals surface area contributed by atoms with Crippen molar-refractivity contribution in [1.29, 1.82) is 0 Å². The number of thiazole rings is 1. The molecule has 2 aromatic heterocycles. The molecule has 2 heterocycles. The molecule has 142 valence electrons. The fourth-order valence-electron chi connectivity index (χ4n) is 2.66. The Morgan fingerprint density at radius 2 is 2.12 bits per heavy atom. The summed E-state index contributed by atoms with van der Waals surface area (Å²) < 4.78 is 1.82. The molecule has 0 fully saturated rings. The predicted molar refractivity (Wildman–Crippen MR) is 109 cm³/mol. The van der Waals surface area contributed by atoms with Gasteiger partial charge in [0.2, 0.25) is 0 Å². The van der Waals surface area contributed by atoms with Crippen LogP contribution < -0.4 is 16.2 Å². The van der Waals surface area contributed by atoms with Crippen molar-refractivity contribution < 1.29 is 0 Å². The van der Waals surface area contributed by atoms with Crippen molar-refractivity contribution in [2.75, 3.05) is 19.6 Å². The molecule has 26 heavy (non-hydrogen) atoms. The second-order valence-electron chi connectivity index (χ2n) is 6.16. The van der Waals surface area contributed by atoms with Crippen LogP contribution in [0, 0.1) is 13.8 Å². The molecule has 0 atom stereocenters. The van der Waals surface area contributed by atoms with Gasteiger partial charge in [0, 0.05) is 49.7 Å². The Hall–Kier alpha value is -2.15. The van der Waals surface area contributed by atoms with Gasteiger partial charge in [-0.3, -0.25) is 9.79 Å². The van der Waals surface area contributed by atoms with Gasteiger partial charge in [-0.1, -0.05) is 6.07 Å². The number of hydrogen-bond donors (Lipinski definition) is 2. The van der Waals surface area contributed by atoms with Crippen molar-refractivity contribution in [3.63, 3.8) is 0 Å². The van der Waals surface area contributed by atoms with E-state index in [0.29, 0.717) is 0 Å². The Labute approximate surface area is 159 Å². The van der Waals surface area contributed by atoms with Gasteiger partial charge in [0.05, 0.1) is 10.7 Å². The van der Waals surface area contributed by atoms with Crippen molar-refractivity contribution >= 4 is 17.3 Å². The molecule has 0 saturated heterocycles. The predicted octanol–water partition coefficient (Wildman–Crippen LogP) is 2.50. The molecule has 2 aromatic rings. The van der Waals surface area contributed by atoms with E-state index in [1.165, 1.54) is 0 Å². The zero-order valence-electron chi connectivity index (χ0n) is 15.9. The number of guanidine groups is 1. The fraction of sp³-hybridized carbons (Fsp3) is 0.526. The van der Waals surface area contributed by atoms with Gasteiger partial charge in [-0.05, 0) is 39.7 Å². The Kier molecular flexibility index (Phi) is 8.34. The first-order valence-electron chi connectivity index (χ1n) is 9.19. The van der Waals surface area contributed by atoms with Crippen LogP contribution in [-0.2, 0) is 13.0 Å². The first-order chi connectivity index (χ1) is 12.6. The van der Waals surface area contributed by atoms with Gasteiger partial charge >= 0.3 is 0 Å². The average Bonchev–Trinajstić information content (AvgIpc) is 3.02. The van der Waals surface area contributed by atoms with Crippen molar-refractivity contribution in [2.24, 2.45) is 4.99 Å². The molecule has 0 radical (unpaired) electrons. The highest BCUT2D eigenvalue weighted by atomic mass is 32.1. The monoisotopic (exact) mass is 375 g/mol. The molecule has 0 bridgehead atoms. The van der Waals surface area contributed by atoms with Crippen molar-refractivity contribution in [3.05, 3.63) is 50.3 Å². The van der Waals surface area contributed by atoms with Crippen LogP contribution in [0.15, 0.2) is 33.4 Å². The number of hydrogen-bond acceptors (Lipinski definition) is 4. The lowest BCUT2D eigenvalue weighted by Gasteiger charge is -2.11. The van der Waals surface area contributed by atoms with Gasteiger partial charge in [-0.15, -0.1) is 11.3 Å². The minimum Gasteiger partial charge on any atom is -0.357 e. The lowest BCUT2D eigenvalue weighted by Crippen LogP contribution is -2.38. The van der Waals surface area contributed by atoms with Crippen LogP contribution in [0.25, 0.3) is 0 Å². The minimum atomic E-state index is 0.0702. The standard InChI is InChI=1S/C19H29N5OS/c1-4-20-19(22-12-10-17-14-26-16(3)23-17)21-11-5-6-13-24-15(2)8-7-9-18(24)25/h7-9,14H,4-6,10-13H2,1-3H3,(H2,20,21,22). The van der Waals surface area contributed by atoms with Crippen LogP contribution >= 0.6 is 11.3 Å². The van der Waals surface area contributed by atoms with E-state index in [1.807, 2.05) is 24.5 Å². The third-order valence-corrected chi connectivity index (χ3v) is 4.83. The van der Waals surface area contributed by atoms with Gasteiger partial charge in [0.25, 0.3) is 5.56 Å². The average molecular weight is 376 g/mol. The number of unbranched alkanes of at least 4 members (excludes halogenated alkanes) is 1. The number of aliphatic imine (C=N–C) groups is 1.